The van der Waals surface area contributed by atoms with Crippen molar-refractivity contribution in [2.24, 2.45) is 23.7 Å². The predicted octanol–water partition coefficient (Wildman–Crippen LogP) is 0.309. The van der Waals surface area contributed by atoms with Crippen LogP contribution < -0.4 is 18.9 Å². The van der Waals surface area contributed by atoms with Gasteiger partial charge in [-0.3, -0.25) is 0 Å². The van der Waals surface area contributed by atoms with Gasteiger partial charge >= 0.3 is 18.9 Å². The molecule has 0 N–H and O–H groups in total. The Morgan fingerprint density at radius 1 is 1.00 bits per heavy atom. The van der Waals surface area contributed by atoms with E-state index in [-0.39, 0.29) is 18.9 Å². The molecule has 12 heavy (non-hydrogen) atoms. The van der Waals surface area contributed by atoms with E-state index >= 15 is 0 Å². The molecule has 4 unspecified atom stereocenters. The first-order chi connectivity index (χ1) is 5.09. The van der Waals surface area contributed by atoms with Crippen molar-refractivity contribution in [1.29, 1.82) is 0 Å². The van der Waals surface area contributed by atoms with Gasteiger partial charge in [-0.2, -0.15) is 0 Å². The SMILES string of the molecule is C=C[C-]1C(C)C(C)C(C)C1C.[Li+]. The van der Waals surface area contributed by atoms with Gasteiger partial charge < -0.3 is 0 Å². The molecule has 0 radical (unpaired) electrons. The molecule has 1 saturated carbocycles. The monoisotopic (exact) mass is 158 g/mol. The fraction of sp³-hybridized carbons (Fsp3) is 0.727. The molecule has 1 fully saturated rings. The molecular formula is C11H19Li. The summed E-state index contributed by atoms with van der Waals surface area (Å²) in [5.74, 6) is 4.72. The Balaban J connectivity index is 0.00000121. The summed E-state index contributed by atoms with van der Waals surface area (Å²) in [6.07, 6.45) is 2.06. The molecule has 0 aromatic rings. The summed E-state index contributed by atoms with van der Waals surface area (Å²) in [7, 11) is 0. The smallest absolute Gasteiger partial charge is 0.245 e. The second kappa shape index (κ2) is 4.45. The van der Waals surface area contributed by atoms with Crippen LogP contribution in [0.1, 0.15) is 27.7 Å². The van der Waals surface area contributed by atoms with Gasteiger partial charge in [0.15, 0.2) is 0 Å². The summed E-state index contributed by atoms with van der Waals surface area (Å²) in [6, 6.07) is 0. The summed E-state index contributed by atoms with van der Waals surface area (Å²) >= 11 is 0. The van der Waals surface area contributed by atoms with Gasteiger partial charge in [-0.25, -0.2) is 18.6 Å². The van der Waals surface area contributed by atoms with E-state index in [0.29, 0.717) is 0 Å². The Labute approximate surface area is 89.0 Å². The Kier molecular flexibility index (Phi) is 4.52. The van der Waals surface area contributed by atoms with E-state index < -0.39 is 0 Å². The zero-order valence-corrected chi connectivity index (χ0v) is 9.09. The summed E-state index contributed by atoms with van der Waals surface area (Å²) in [4.78, 5) is 0. The van der Waals surface area contributed by atoms with Crippen LogP contribution in [-0.2, 0) is 0 Å². The minimum absolute atomic E-state index is 0. The molecule has 0 aliphatic heterocycles. The Bertz CT molecular complexity index is 139. The fourth-order valence-electron chi connectivity index (χ4n) is 2.30. The largest absolute Gasteiger partial charge is 1.00 e. The summed E-state index contributed by atoms with van der Waals surface area (Å²) in [6.45, 7) is 13.2. The van der Waals surface area contributed by atoms with E-state index in [1.54, 1.807) is 5.92 Å². The van der Waals surface area contributed by atoms with E-state index in [0.717, 1.165) is 23.7 Å². The quantitative estimate of drug-likeness (QED) is 0.380. The molecule has 0 spiro atoms. The molecule has 64 valence electrons. The molecule has 0 aromatic carbocycles. The van der Waals surface area contributed by atoms with Crippen molar-refractivity contribution < 1.29 is 18.9 Å². The zero-order chi connectivity index (χ0) is 8.59. The topological polar surface area (TPSA) is 0 Å². The van der Waals surface area contributed by atoms with E-state index in [1.807, 2.05) is 0 Å². The van der Waals surface area contributed by atoms with Crippen molar-refractivity contribution in [2.45, 2.75) is 27.7 Å². The number of allylic oxidation sites excluding steroid dienone is 1. The van der Waals surface area contributed by atoms with Gasteiger partial charge in [-0.05, 0) is 0 Å². The first-order valence-electron chi connectivity index (χ1n) is 4.58. The van der Waals surface area contributed by atoms with Gasteiger partial charge in [0.05, 0.1) is 0 Å². The minimum Gasteiger partial charge on any atom is -0.245 e. The van der Waals surface area contributed by atoms with Crippen molar-refractivity contribution in [2.75, 3.05) is 0 Å². The van der Waals surface area contributed by atoms with Crippen LogP contribution in [0.15, 0.2) is 12.7 Å². The van der Waals surface area contributed by atoms with Crippen molar-refractivity contribution in [3.63, 3.8) is 0 Å². The molecule has 0 amide bonds. The molecular weight excluding hydrogens is 139 g/mol. The molecule has 1 aliphatic rings. The second-order valence-corrected chi connectivity index (χ2v) is 4.00. The van der Waals surface area contributed by atoms with E-state index in [4.69, 9.17) is 0 Å². The van der Waals surface area contributed by atoms with Crippen LogP contribution in [0.3, 0.4) is 0 Å². The number of rotatable bonds is 1. The zero-order valence-electron chi connectivity index (χ0n) is 9.09. The van der Waals surface area contributed by atoms with Crippen molar-refractivity contribution in [3.05, 3.63) is 18.6 Å². The van der Waals surface area contributed by atoms with Crippen molar-refractivity contribution in [1.82, 2.24) is 0 Å². The first-order valence-corrected chi connectivity index (χ1v) is 4.58. The van der Waals surface area contributed by atoms with Gasteiger partial charge in [0.2, 0.25) is 0 Å². The fourth-order valence-corrected chi connectivity index (χ4v) is 2.30. The molecule has 4 atom stereocenters. The van der Waals surface area contributed by atoms with Crippen LogP contribution in [0.4, 0.5) is 0 Å². The molecule has 0 bridgehead atoms. The average molecular weight is 158 g/mol. The molecule has 1 aliphatic carbocycles. The Hall–Kier alpha value is 0.207. The van der Waals surface area contributed by atoms with Crippen molar-refractivity contribution >= 4 is 0 Å². The Morgan fingerprint density at radius 3 is 1.50 bits per heavy atom. The third-order valence-electron chi connectivity index (χ3n) is 3.69. The van der Waals surface area contributed by atoms with Crippen LogP contribution in [0, 0.1) is 29.6 Å². The van der Waals surface area contributed by atoms with E-state index in [9.17, 15) is 0 Å². The average Bonchev–Trinajstić information content (AvgIpc) is 2.17. The van der Waals surface area contributed by atoms with Gasteiger partial charge in [-0.1, -0.05) is 51.4 Å². The third kappa shape index (κ3) is 1.75. The molecule has 0 nitrogen and oxygen atoms in total. The normalized spacial score (nSPS) is 40.8. The molecule has 1 heteroatoms. The van der Waals surface area contributed by atoms with E-state index in [1.165, 1.54) is 0 Å². The summed E-state index contributed by atoms with van der Waals surface area (Å²) in [5.41, 5.74) is 0. The Morgan fingerprint density at radius 2 is 1.33 bits per heavy atom. The second-order valence-electron chi connectivity index (χ2n) is 4.00. The molecule has 0 heterocycles. The van der Waals surface area contributed by atoms with Gasteiger partial charge in [0.1, 0.15) is 0 Å². The summed E-state index contributed by atoms with van der Waals surface area (Å²) < 4.78 is 0. The van der Waals surface area contributed by atoms with Gasteiger partial charge in [0.25, 0.3) is 0 Å². The molecule has 0 aromatic heterocycles. The number of hydrogen-bond donors (Lipinski definition) is 0. The standard InChI is InChI=1S/C11H19.Li/c1-6-11-9(4)7(2)8(3)10(11)5;/h6-10H,1H2,2-5H3;/q-1;+1. The van der Waals surface area contributed by atoms with Crippen LogP contribution >= 0.6 is 0 Å². The minimum atomic E-state index is 0. The van der Waals surface area contributed by atoms with Crippen LogP contribution in [0.2, 0.25) is 0 Å². The van der Waals surface area contributed by atoms with Gasteiger partial charge in [-0.15, -0.1) is 0 Å². The van der Waals surface area contributed by atoms with Crippen LogP contribution in [0.25, 0.3) is 0 Å². The predicted molar refractivity (Wildman–Crippen MR) is 50.1 cm³/mol. The van der Waals surface area contributed by atoms with Crippen LogP contribution in [-0.4, -0.2) is 0 Å². The first kappa shape index (κ1) is 12.2. The molecule has 1 rings (SSSR count). The van der Waals surface area contributed by atoms with E-state index in [2.05, 4.69) is 40.3 Å². The third-order valence-corrected chi connectivity index (χ3v) is 3.69. The molecule has 0 saturated heterocycles. The van der Waals surface area contributed by atoms with Crippen LogP contribution in [0.5, 0.6) is 0 Å². The summed E-state index contributed by atoms with van der Waals surface area (Å²) in [5, 5.41) is 0. The van der Waals surface area contributed by atoms with Crippen molar-refractivity contribution in [3.8, 4) is 0 Å². The maximum Gasteiger partial charge on any atom is 1.00 e. The maximum absolute atomic E-state index is 3.88. The maximum atomic E-state index is 3.88. The number of hydrogen-bond acceptors (Lipinski definition) is 0. The van der Waals surface area contributed by atoms with Gasteiger partial charge in [0, 0.05) is 0 Å².